The average Bonchev–Trinajstić information content (AvgIpc) is 2.13. The molecule has 0 aromatic rings. The summed E-state index contributed by atoms with van der Waals surface area (Å²) in [7, 11) is 0. The maximum absolute atomic E-state index is 10.9. The van der Waals surface area contributed by atoms with Crippen molar-refractivity contribution in [2.75, 3.05) is 0 Å². The fraction of sp³-hybridized carbons (Fsp3) is 0.727. The Morgan fingerprint density at radius 2 is 2.31 bits per heavy atom. The molecule has 0 radical (unpaired) electrons. The molecule has 2 nitrogen and oxygen atoms in total. The number of carbonyl (C=O) groups is 1. The molecule has 0 saturated heterocycles. The molecule has 0 fully saturated rings. The van der Waals surface area contributed by atoms with Crippen molar-refractivity contribution in [2.45, 2.75) is 51.6 Å². The van der Waals surface area contributed by atoms with Crippen molar-refractivity contribution in [3.63, 3.8) is 0 Å². The fourth-order valence-corrected chi connectivity index (χ4v) is 1.54. The molecule has 1 rings (SSSR count). The van der Waals surface area contributed by atoms with Crippen LogP contribution in [0.5, 0.6) is 0 Å². The quantitative estimate of drug-likeness (QED) is 0.482. The number of hydrogen-bond acceptors (Lipinski definition) is 2. The van der Waals surface area contributed by atoms with E-state index in [1.807, 2.05) is 6.08 Å². The molecule has 1 heterocycles. The predicted molar refractivity (Wildman–Crippen MR) is 52.4 cm³/mol. The highest BCUT2D eigenvalue weighted by Gasteiger charge is 2.14. The maximum atomic E-state index is 10.9. The second-order valence-electron chi connectivity index (χ2n) is 3.55. The van der Waals surface area contributed by atoms with Gasteiger partial charge < -0.3 is 4.74 Å². The van der Waals surface area contributed by atoms with E-state index >= 15 is 0 Å². The Morgan fingerprint density at radius 1 is 1.46 bits per heavy atom. The highest BCUT2D eigenvalue weighted by Crippen LogP contribution is 2.15. The molecule has 0 spiro atoms. The Morgan fingerprint density at radius 3 is 3.00 bits per heavy atom. The van der Waals surface area contributed by atoms with Crippen LogP contribution in [-0.2, 0) is 9.53 Å². The van der Waals surface area contributed by atoms with Gasteiger partial charge in [0.25, 0.3) is 0 Å². The molecule has 0 saturated carbocycles. The van der Waals surface area contributed by atoms with Crippen LogP contribution < -0.4 is 0 Å². The number of unbranched alkanes of at least 4 members (excludes halogenated alkanes) is 3. The number of ether oxygens (including phenoxy) is 1. The van der Waals surface area contributed by atoms with Gasteiger partial charge in [0.1, 0.15) is 6.10 Å². The molecule has 0 aromatic heterocycles. The normalized spacial score (nSPS) is 21.6. The maximum Gasteiger partial charge on any atom is 0.330 e. The standard InChI is InChI=1S/C11H18O2/c1-2-3-4-5-7-10-8-6-9-11(12)13-10/h6,9-10H,2-5,7-8H2,1H3. The SMILES string of the molecule is CCCCCCC1CC=CC(=O)O1. The highest BCUT2D eigenvalue weighted by atomic mass is 16.5. The van der Waals surface area contributed by atoms with Crippen LogP contribution >= 0.6 is 0 Å². The van der Waals surface area contributed by atoms with Gasteiger partial charge in [-0.05, 0) is 12.8 Å². The third-order valence-electron chi connectivity index (χ3n) is 2.32. The Kier molecular flexibility index (Phi) is 4.58. The molecule has 1 unspecified atom stereocenters. The van der Waals surface area contributed by atoms with Gasteiger partial charge in [-0.1, -0.05) is 32.3 Å². The van der Waals surface area contributed by atoms with Crippen LogP contribution in [0.4, 0.5) is 0 Å². The summed E-state index contributed by atoms with van der Waals surface area (Å²) in [6.45, 7) is 2.20. The van der Waals surface area contributed by atoms with Crippen LogP contribution in [0, 0.1) is 0 Å². The summed E-state index contributed by atoms with van der Waals surface area (Å²) in [4.78, 5) is 10.9. The Labute approximate surface area is 80.0 Å². The second kappa shape index (κ2) is 5.79. The molecule has 0 aliphatic carbocycles. The Balaban J connectivity index is 2.08. The van der Waals surface area contributed by atoms with Crippen LogP contribution in [0.25, 0.3) is 0 Å². The van der Waals surface area contributed by atoms with Gasteiger partial charge in [0.05, 0.1) is 0 Å². The lowest BCUT2D eigenvalue weighted by Gasteiger charge is -2.18. The molecule has 1 aliphatic rings. The molecule has 2 heteroatoms. The second-order valence-corrected chi connectivity index (χ2v) is 3.55. The minimum Gasteiger partial charge on any atom is -0.459 e. The zero-order valence-corrected chi connectivity index (χ0v) is 8.29. The van der Waals surface area contributed by atoms with E-state index < -0.39 is 0 Å². The summed E-state index contributed by atoms with van der Waals surface area (Å²) in [5, 5.41) is 0. The lowest BCUT2D eigenvalue weighted by molar-refractivity contribution is -0.144. The smallest absolute Gasteiger partial charge is 0.330 e. The minimum absolute atomic E-state index is 0.148. The van der Waals surface area contributed by atoms with Crippen molar-refractivity contribution in [1.82, 2.24) is 0 Å². The fourth-order valence-electron chi connectivity index (χ4n) is 1.54. The summed E-state index contributed by atoms with van der Waals surface area (Å²) >= 11 is 0. The van der Waals surface area contributed by atoms with Gasteiger partial charge in [-0.2, -0.15) is 0 Å². The van der Waals surface area contributed by atoms with E-state index in [9.17, 15) is 4.79 Å². The number of rotatable bonds is 5. The third kappa shape index (κ3) is 4.11. The summed E-state index contributed by atoms with van der Waals surface area (Å²) in [5.41, 5.74) is 0. The molecular weight excluding hydrogens is 164 g/mol. The van der Waals surface area contributed by atoms with Crippen molar-refractivity contribution in [3.05, 3.63) is 12.2 Å². The van der Waals surface area contributed by atoms with Gasteiger partial charge in [0, 0.05) is 12.5 Å². The lowest BCUT2D eigenvalue weighted by atomic mass is 10.1. The first kappa shape index (κ1) is 10.3. The molecule has 0 aromatic carbocycles. The van der Waals surface area contributed by atoms with Crippen LogP contribution in [0.1, 0.15) is 45.4 Å². The van der Waals surface area contributed by atoms with Crippen LogP contribution in [0.15, 0.2) is 12.2 Å². The Bertz CT molecular complexity index is 185. The molecule has 74 valence electrons. The monoisotopic (exact) mass is 182 g/mol. The van der Waals surface area contributed by atoms with Crippen LogP contribution in [0.2, 0.25) is 0 Å². The zero-order valence-electron chi connectivity index (χ0n) is 8.29. The first-order valence-electron chi connectivity index (χ1n) is 5.20. The van der Waals surface area contributed by atoms with Gasteiger partial charge in [-0.15, -0.1) is 0 Å². The van der Waals surface area contributed by atoms with Crippen LogP contribution in [-0.4, -0.2) is 12.1 Å². The summed E-state index contributed by atoms with van der Waals surface area (Å²) in [6.07, 6.45) is 10.5. The lowest BCUT2D eigenvalue weighted by Crippen LogP contribution is -2.19. The molecule has 1 aliphatic heterocycles. The molecule has 1 atom stereocenters. The number of esters is 1. The average molecular weight is 182 g/mol. The van der Waals surface area contributed by atoms with Crippen molar-refractivity contribution in [2.24, 2.45) is 0 Å². The summed E-state index contributed by atoms with van der Waals surface area (Å²) < 4.78 is 5.14. The van der Waals surface area contributed by atoms with E-state index in [1.165, 1.54) is 31.8 Å². The highest BCUT2D eigenvalue weighted by molar-refractivity contribution is 5.82. The van der Waals surface area contributed by atoms with Crippen molar-refractivity contribution in [1.29, 1.82) is 0 Å². The largest absolute Gasteiger partial charge is 0.459 e. The molecule has 0 bridgehead atoms. The van der Waals surface area contributed by atoms with E-state index in [4.69, 9.17) is 4.74 Å². The van der Waals surface area contributed by atoms with Gasteiger partial charge in [-0.25, -0.2) is 4.79 Å². The van der Waals surface area contributed by atoms with Gasteiger partial charge >= 0.3 is 5.97 Å². The zero-order chi connectivity index (χ0) is 9.52. The van der Waals surface area contributed by atoms with Crippen LogP contribution in [0.3, 0.4) is 0 Å². The molecular formula is C11H18O2. The summed E-state index contributed by atoms with van der Waals surface area (Å²) in [6, 6.07) is 0. The van der Waals surface area contributed by atoms with Crippen molar-refractivity contribution in [3.8, 4) is 0 Å². The van der Waals surface area contributed by atoms with Gasteiger partial charge in [0.15, 0.2) is 0 Å². The van der Waals surface area contributed by atoms with E-state index in [-0.39, 0.29) is 12.1 Å². The topological polar surface area (TPSA) is 26.3 Å². The van der Waals surface area contributed by atoms with E-state index in [2.05, 4.69) is 6.92 Å². The number of hydrogen-bond donors (Lipinski definition) is 0. The van der Waals surface area contributed by atoms with Crippen molar-refractivity contribution >= 4 is 5.97 Å². The van der Waals surface area contributed by atoms with Crippen molar-refractivity contribution < 1.29 is 9.53 Å². The number of carbonyl (C=O) groups excluding carboxylic acids is 1. The minimum atomic E-state index is -0.174. The van der Waals surface area contributed by atoms with Gasteiger partial charge in [0.2, 0.25) is 0 Å². The molecule has 13 heavy (non-hydrogen) atoms. The van der Waals surface area contributed by atoms with E-state index in [0.717, 1.165) is 12.8 Å². The van der Waals surface area contributed by atoms with E-state index in [1.54, 1.807) is 0 Å². The first-order chi connectivity index (χ1) is 6.33. The van der Waals surface area contributed by atoms with E-state index in [0.29, 0.717) is 0 Å². The summed E-state index contributed by atoms with van der Waals surface area (Å²) in [5.74, 6) is -0.174. The molecule has 0 N–H and O–H groups in total. The predicted octanol–water partition coefficient (Wildman–Crippen LogP) is 2.83. The van der Waals surface area contributed by atoms with Gasteiger partial charge in [-0.3, -0.25) is 0 Å². The number of cyclic esters (lactones) is 1. The first-order valence-corrected chi connectivity index (χ1v) is 5.20. The third-order valence-corrected chi connectivity index (χ3v) is 2.32. The molecule has 0 amide bonds. The Hall–Kier alpha value is -0.790.